The van der Waals surface area contributed by atoms with E-state index >= 15 is 0 Å². The van der Waals surface area contributed by atoms with Crippen molar-refractivity contribution in [3.05, 3.63) is 47.2 Å². The lowest BCUT2D eigenvalue weighted by Crippen LogP contribution is -2.48. The number of benzene rings is 1. The Balaban J connectivity index is 1.56. The monoisotopic (exact) mass is 407 g/mol. The first-order valence-corrected chi connectivity index (χ1v) is 10.5. The zero-order chi connectivity index (χ0) is 19.1. The zero-order valence-electron chi connectivity index (χ0n) is 15.8. The van der Waals surface area contributed by atoms with Gasteiger partial charge in [0.25, 0.3) is 0 Å². The molecule has 2 heterocycles. The average Bonchev–Trinajstić information content (AvgIpc) is 3.12. The van der Waals surface area contributed by atoms with Gasteiger partial charge in [-0.3, -0.25) is 9.67 Å². The molecule has 6 nitrogen and oxygen atoms in total. The van der Waals surface area contributed by atoms with Gasteiger partial charge in [0.15, 0.2) is 5.96 Å². The van der Waals surface area contributed by atoms with E-state index in [0.29, 0.717) is 6.61 Å². The number of nitrogens with zero attached hydrogens (tertiary/aromatic N) is 4. The molecular weight excluding hydrogens is 382 g/mol. The quantitative estimate of drug-likeness (QED) is 0.345. The lowest BCUT2D eigenvalue weighted by atomic mass is 10.1. The van der Waals surface area contributed by atoms with Crippen molar-refractivity contribution in [1.82, 2.24) is 20.0 Å². The molecule has 27 heavy (non-hydrogen) atoms. The summed E-state index contributed by atoms with van der Waals surface area (Å²) in [5.74, 6) is 1.87. The van der Waals surface area contributed by atoms with Crippen molar-refractivity contribution in [2.45, 2.75) is 17.9 Å². The Bertz CT molecular complexity index is 749. The summed E-state index contributed by atoms with van der Waals surface area (Å²) in [4.78, 5) is 8.30. The Morgan fingerprint density at radius 1 is 1.41 bits per heavy atom. The SMILES string of the molecule is CCNC(=NCCSc1ccc(Cl)cc1)N1CCOC(c2cnn(C)c2)C1. The molecule has 1 aromatic carbocycles. The Labute approximate surface area is 169 Å². The van der Waals surface area contributed by atoms with E-state index in [1.54, 1.807) is 11.8 Å². The van der Waals surface area contributed by atoms with Crippen molar-refractivity contribution in [3.63, 3.8) is 0 Å². The number of nitrogens with one attached hydrogen (secondary N) is 1. The summed E-state index contributed by atoms with van der Waals surface area (Å²) >= 11 is 7.72. The maximum atomic E-state index is 5.94. The van der Waals surface area contributed by atoms with Gasteiger partial charge in [0, 0.05) is 47.6 Å². The van der Waals surface area contributed by atoms with E-state index in [4.69, 9.17) is 21.3 Å². The predicted octanol–water partition coefficient (Wildman–Crippen LogP) is 3.20. The van der Waals surface area contributed by atoms with E-state index in [1.165, 1.54) is 4.90 Å². The molecule has 1 atom stereocenters. The Hall–Kier alpha value is -1.70. The average molecular weight is 408 g/mol. The summed E-state index contributed by atoms with van der Waals surface area (Å²) in [6, 6.07) is 7.93. The Kier molecular flexibility index (Phi) is 7.43. The van der Waals surface area contributed by atoms with Crippen LogP contribution in [-0.2, 0) is 11.8 Å². The third kappa shape index (κ3) is 5.89. The first kappa shape index (κ1) is 20.0. The number of aliphatic imine (C=N–C) groups is 1. The molecule has 0 amide bonds. The maximum absolute atomic E-state index is 5.94. The summed E-state index contributed by atoms with van der Waals surface area (Å²) in [6.45, 7) is 6.00. The molecule has 0 aliphatic carbocycles. The lowest BCUT2D eigenvalue weighted by Gasteiger charge is -2.34. The largest absolute Gasteiger partial charge is 0.370 e. The fraction of sp³-hybridized carbons (Fsp3) is 0.474. The Morgan fingerprint density at radius 2 is 2.22 bits per heavy atom. The normalized spacial score (nSPS) is 18.0. The van der Waals surface area contributed by atoms with Crippen LogP contribution >= 0.6 is 23.4 Å². The number of halogens is 1. The van der Waals surface area contributed by atoms with Crippen LogP contribution < -0.4 is 5.32 Å². The first-order valence-electron chi connectivity index (χ1n) is 9.17. The number of aromatic nitrogens is 2. The summed E-state index contributed by atoms with van der Waals surface area (Å²) in [7, 11) is 1.92. The highest BCUT2D eigenvalue weighted by Gasteiger charge is 2.25. The standard InChI is InChI=1S/C19H26ClN5OS/c1-3-21-19(22-8-11-27-17-6-4-16(20)5-7-17)25-9-10-26-18(14-25)15-12-23-24(2)13-15/h4-7,12-13,18H,3,8-11,14H2,1-2H3,(H,21,22). The van der Waals surface area contributed by atoms with Gasteiger partial charge >= 0.3 is 0 Å². The third-order valence-corrected chi connectivity index (χ3v) is 5.48. The van der Waals surface area contributed by atoms with Crippen molar-refractivity contribution in [3.8, 4) is 0 Å². The molecule has 0 saturated carbocycles. The van der Waals surface area contributed by atoms with Crippen molar-refractivity contribution in [2.75, 3.05) is 38.5 Å². The molecular formula is C19H26ClN5OS. The van der Waals surface area contributed by atoms with Gasteiger partial charge < -0.3 is 15.0 Å². The van der Waals surface area contributed by atoms with Crippen LogP contribution in [0.1, 0.15) is 18.6 Å². The van der Waals surface area contributed by atoms with Gasteiger partial charge in [-0.05, 0) is 31.2 Å². The molecule has 1 fully saturated rings. The van der Waals surface area contributed by atoms with Gasteiger partial charge in [0.2, 0.25) is 0 Å². The van der Waals surface area contributed by atoms with Crippen LogP contribution in [0.15, 0.2) is 46.5 Å². The fourth-order valence-corrected chi connectivity index (χ4v) is 3.79. The van der Waals surface area contributed by atoms with E-state index < -0.39 is 0 Å². The molecule has 0 bridgehead atoms. The van der Waals surface area contributed by atoms with Gasteiger partial charge in [-0.25, -0.2) is 0 Å². The number of aryl methyl sites for hydroxylation is 1. The van der Waals surface area contributed by atoms with E-state index in [2.05, 4.69) is 22.2 Å². The minimum atomic E-state index is 0.0275. The summed E-state index contributed by atoms with van der Waals surface area (Å²) in [5, 5.41) is 8.43. The second-order valence-electron chi connectivity index (χ2n) is 6.29. The van der Waals surface area contributed by atoms with Crippen LogP contribution in [0.3, 0.4) is 0 Å². The van der Waals surface area contributed by atoms with Crippen molar-refractivity contribution in [2.24, 2.45) is 12.0 Å². The number of hydrogen-bond donors (Lipinski definition) is 1. The van der Waals surface area contributed by atoms with Crippen molar-refractivity contribution in [1.29, 1.82) is 0 Å². The van der Waals surface area contributed by atoms with Gasteiger partial charge in [-0.1, -0.05) is 11.6 Å². The highest BCUT2D eigenvalue weighted by Crippen LogP contribution is 2.22. The van der Waals surface area contributed by atoms with Gasteiger partial charge in [-0.2, -0.15) is 5.10 Å². The summed E-state index contributed by atoms with van der Waals surface area (Å²) < 4.78 is 7.75. The van der Waals surface area contributed by atoms with Crippen LogP contribution in [-0.4, -0.2) is 59.2 Å². The van der Waals surface area contributed by atoms with Gasteiger partial charge in [-0.15, -0.1) is 11.8 Å². The second-order valence-corrected chi connectivity index (χ2v) is 7.90. The molecule has 2 aromatic rings. The van der Waals surface area contributed by atoms with Crippen LogP contribution in [0.4, 0.5) is 0 Å². The molecule has 0 radical (unpaired) electrons. The number of rotatable bonds is 6. The minimum Gasteiger partial charge on any atom is -0.370 e. The zero-order valence-corrected chi connectivity index (χ0v) is 17.3. The summed E-state index contributed by atoms with van der Waals surface area (Å²) in [6.07, 6.45) is 3.92. The lowest BCUT2D eigenvalue weighted by molar-refractivity contribution is -0.00802. The smallest absolute Gasteiger partial charge is 0.194 e. The van der Waals surface area contributed by atoms with Crippen molar-refractivity contribution >= 4 is 29.3 Å². The topological polar surface area (TPSA) is 54.7 Å². The van der Waals surface area contributed by atoms with Crippen LogP contribution in [0.5, 0.6) is 0 Å². The Morgan fingerprint density at radius 3 is 2.93 bits per heavy atom. The van der Waals surface area contributed by atoms with Crippen LogP contribution in [0.25, 0.3) is 0 Å². The molecule has 1 aliphatic rings. The number of thioether (sulfide) groups is 1. The molecule has 1 aromatic heterocycles. The highest BCUT2D eigenvalue weighted by atomic mass is 35.5. The molecule has 1 saturated heterocycles. The number of guanidine groups is 1. The fourth-order valence-electron chi connectivity index (χ4n) is 2.92. The molecule has 1 unspecified atom stereocenters. The molecule has 1 aliphatic heterocycles. The van der Waals surface area contributed by atoms with Crippen LogP contribution in [0, 0.1) is 0 Å². The van der Waals surface area contributed by atoms with E-state index in [-0.39, 0.29) is 6.10 Å². The second kappa shape index (κ2) is 10.0. The van der Waals surface area contributed by atoms with E-state index in [0.717, 1.165) is 48.5 Å². The number of ether oxygens (including phenoxy) is 1. The van der Waals surface area contributed by atoms with Crippen molar-refractivity contribution < 1.29 is 4.74 Å². The molecule has 1 N–H and O–H groups in total. The van der Waals surface area contributed by atoms with Crippen LogP contribution in [0.2, 0.25) is 5.02 Å². The number of hydrogen-bond acceptors (Lipinski definition) is 4. The molecule has 3 rings (SSSR count). The first-order chi connectivity index (χ1) is 13.2. The predicted molar refractivity (Wildman–Crippen MR) is 112 cm³/mol. The third-order valence-electron chi connectivity index (χ3n) is 4.23. The van der Waals surface area contributed by atoms with Gasteiger partial charge in [0.1, 0.15) is 6.10 Å². The number of morpholine rings is 1. The van der Waals surface area contributed by atoms with Gasteiger partial charge in [0.05, 0.1) is 25.9 Å². The summed E-state index contributed by atoms with van der Waals surface area (Å²) in [5.41, 5.74) is 1.11. The minimum absolute atomic E-state index is 0.0275. The highest BCUT2D eigenvalue weighted by molar-refractivity contribution is 7.99. The maximum Gasteiger partial charge on any atom is 0.194 e. The molecule has 8 heteroatoms. The van der Waals surface area contributed by atoms with E-state index in [9.17, 15) is 0 Å². The molecule has 0 spiro atoms. The van der Waals surface area contributed by atoms with E-state index in [1.807, 2.05) is 48.4 Å². The molecule has 146 valence electrons.